The summed E-state index contributed by atoms with van der Waals surface area (Å²) in [4.78, 5) is 0.621. The van der Waals surface area contributed by atoms with Gasteiger partial charge in [0.05, 0.1) is 5.25 Å². The quantitative estimate of drug-likeness (QED) is 0.860. The average molecular weight is 283 g/mol. The number of halogens is 2. The van der Waals surface area contributed by atoms with Gasteiger partial charge in [-0.1, -0.05) is 0 Å². The van der Waals surface area contributed by atoms with Crippen molar-refractivity contribution >= 4 is 11.8 Å². The lowest BCUT2D eigenvalue weighted by atomic mass is 10.2. The molecule has 0 aliphatic rings. The Bertz CT molecular complexity index is 568. The minimum Gasteiger partial charge on any atom is -0.465 e. The van der Waals surface area contributed by atoms with Gasteiger partial charge in [-0.2, -0.15) is 0 Å². The first kappa shape index (κ1) is 14.1. The van der Waals surface area contributed by atoms with Gasteiger partial charge in [0.25, 0.3) is 0 Å². The van der Waals surface area contributed by atoms with Crippen molar-refractivity contribution in [2.75, 3.05) is 0 Å². The van der Waals surface area contributed by atoms with Gasteiger partial charge in [0.15, 0.2) is 11.6 Å². The van der Waals surface area contributed by atoms with Crippen molar-refractivity contribution in [3.05, 3.63) is 53.5 Å². The van der Waals surface area contributed by atoms with E-state index in [0.717, 1.165) is 17.6 Å². The third-order valence-corrected chi connectivity index (χ3v) is 4.11. The molecule has 1 aromatic heterocycles. The Hall–Kier alpha value is -1.33. The molecule has 1 aromatic carbocycles. The predicted molar refractivity (Wildman–Crippen MR) is 72.1 cm³/mol. The fourth-order valence-corrected chi connectivity index (χ4v) is 2.80. The highest BCUT2D eigenvalue weighted by Gasteiger charge is 2.21. The highest BCUT2D eigenvalue weighted by molar-refractivity contribution is 7.99. The van der Waals surface area contributed by atoms with Gasteiger partial charge in [-0.3, -0.25) is 0 Å². The Morgan fingerprint density at radius 3 is 2.42 bits per heavy atom. The van der Waals surface area contributed by atoms with Crippen LogP contribution in [-0.2, 0) is 0 Å². The summed E-state index contributed by atoms with van der Waals surface area (Å²) in [5.74, 6) is -0.173. The Kier molecular flexibility index (Phi) is 4.27. The molecule has 0 aliphatic heterocycles. The molecule has 19 heavy (non-hydrogen) atoms. The van der Waals surface area contributed by atoms with Gasteiger partial charge >= 0.3 is 0 Å². The molecule has 0 saturated carbocycles. The Balaban J connectivity index is 2.23. The van der Waals surface area contributed by atoms with Crippen LogP contribution in [0.5, 0.6) is 0 Å². The molecule has 0 fully saturated rings. The maximum Gasteiger partial charge on any atom is 0.159 e. The van der Waals surface area contributed by atoms with Crippen molar-refractivity contribution in [3.8, 4) is 0 Å². The zero-order valence-electron chi connectivity index (χ0n) is 10.7. The van der Waals surface area contributed by atoms with Crippen molar-refractivity contribution in [2.45, 2.75) is 30.0 Å². The summed E-state index contributed by atoms with van der Waals surface area (Å²) < 4.78 is 31.7. The highest BCUT2D eigenvalue weighted by Crippen LogP contribution is 2.38. The number of benzene rings is 1. The number of hydrogen-bond donors (Lipinski definition) is 1. The van der Waals surface area contributed by atoms with Crippen molar-refractivity contribution in [1.29, 1.82) is 0 Å². The van der Waals surface area contributed by atoms with Crippen molar-refractivity contribution in [2.24, 2.45) is 5.73 Å². The molecule has 2 atom stereocenters. The fourth-order valence-electron chi connectivity index (χ4n) is 1.73. The van der Waals surface area contributed by atoms with Crippen LogP contribution in [0, 0.1) is 18.6 Å². The van der Waals surface area contributed by atoms with Gasteiger partial charge in [0.1, 0.15) is 11.5 Å². The summed E-state index contributed by atoms with van der Waals surface area (Å²) in [6.45, 7) is 3.71. The lowest BCUT2D eigenvalue weighted by Gasteiger charge is -2.18. The SMILES string of the molecule is Cc1ccc(C(Sc2ccc(F)c(F)c2)C(C)N)o1. The number of hydrogen-bond acceptors (Lipinski definition) is 3. The number of aryl methyl sites for hydroxylation is 1. The van der Waals surface area contributed by atoms with Crippen LogP contribution in [0.1, 0.15) is 23.7 Å². The maximum absolute atomic E-state index is 13.2. The number of rotatable bonds is 4. The van der Waals surface area contributed by atoms with Gasteiger partial charge in [-0.25, -0.2) is 8.78 Å². The van der Waals surface area contributed by atoms with E-state index in [1.807, 2.05) is 26.0 Å². The van der Waals surface area contributed by atoms with Gasteiger partial charge < -0.3 is 10.2 Å². The van der Waals surface area contributed by atoms with Crippen LogP contribution in [0.25, 0.3) is 0 Å². The maximum atomic E-state index is 13.2. The number of nitrogens with two attached hydrogens (primary N) is 1. The summed E-state index contributed by atoms with van der Waals surface area (Å²) in [7, 11) is 0. The second kappa shape index (κ2) is 5.75. The smallest absolute Gasteiger partial charge is 0.159 e. The van der Waals surface area contributed by atoms with Gasteiger partial charge in [-0.15, -0.1) is 11.8 Å². The van der Waals surface area contributed by atoms with E-state index < -0.39 is 11.6 Å². The monoisotopic (exact) mass is 283 g/mol. The molecular weight excluding hydrogens is 268 g/mol. The first-order valence-electron chi connectivity index (χ1n) is 5.91. The van der Waals surface area contributed by atoms with E-state index in [0.29, 0.717) is 4.90 Å². The fraction of sp³-hybridized carbons (Fsp3) is 0.286. The molecular formula is C14H15F2NOS. The van der Waals surface area contributed by atoms with Crippen molar-refractivity contribution in [1.82, 2.24) is 0 Å². The second-order valence-corrected chi connectivity index (χ2v) is 5.64. The minimum absolute atomic E-state index is 0.140. The Morgan fingerprint density at radius 2 is 1.89 bits per heavy atom. The zero-order chi connectivity index (χ0) is 14.0. The third-order valence-electron chi connectivity index (χ3n) is 2.67. The lowest BCUT2D eigenvalue weighted by Crippen LogP contribution is -2.22. The molecule has 2 N–H and O–H groups in total. The van der Waals surface area contributed by atoms with Crippen LogP contribution in [0.4, 0.5) is 8.78 Å². The standard InChI is InChI=1S/C14H15F2NOS/c1-8-3-6-13(18-8)14(9(2)17)19-10-4-5-11(15)12(16)7-10/h3-7,9,14H,17H2,1-2H3. The molecule has 0 spiro atoms. The van der Waals surface area contributed by atoms with Gasteiger partial charge in [0.2, 0.25) is 0 Å². The molecule has 0 aliphatic carbocycles. The third kappa shape index (κ3) is 3.36. The normalized spacial score (nSPS) is 14.4. The van der Waals surface area contributed by atoms with Crippen LogP contribution in [-0.4, -0.2) is 6.04 Å². The topological polar surface area (TPSA) is 39.2 Å². The van der Waals surface area contributed by atoms with E-state index in [2.05, 4.69) is 0 Å². The summed E-state index contributed by atoms with van der Waals surface area (Å²) in [5.41, 5.74) is 5.95. The van der Waals surface area contributed by atoms with E-state index >= 15 is 0 Å². The predicted octanol–water partition coefficient (Wildman–Crippen LogP) is 4.05. The van der Waals surface area contributed by atoms with Crippen LogP contribution >= 0.6 is 11.8 Å². The van der Waals surface area contributed by atoms with E-state index in [9.17, 15) is 8.78 Å². The van der Waals surface area contributed by atoms with Crippen LogP contribution in [0.15, 0.2) is 39.6 Å². The number of thioether (sulfide) groups is 1. The summed E-state index contributed by atoms with van der Waals surface area (Å²) in [5, 5.41) is -0.140. The van der Waals surface area contributed by atoms with Gasteiger partial charge in [0, 0.05) is 10.9 Å². The molecule has 5 heteroatoms. The Labute approximate surface area is 115 Å². The molecule has 0 saturated heterocycles. The van der Waals surface area contributed by atoms with E-state index in [1.165, 1.54) is 23.9 Å². The van der Waals surface area contributed by atoms with E-state index in [4.69, 9.17) is 10.2 Å². The average Bonchev–Trinajstić information content (AvgIpc) is 2.76. The summed E-state index contributed by atoms with van der Waals surface area (Å²) in [6, 6.07) is 7.36. The molecule has 2 rings (SSSR count). The summed E-state index contributed by atoms with van der Waals surface area (Å²) in [6.07, 6.45) is 0. The molecule has 0 bridgehead atoms. The van der Waals surface area contributed by atoms with Crippen LogP contribution in [0.3, 0.4) is 0 Å². The Morgan fingerprint density at radius 1 is 1.16 bits per heavy atom. The molecule has 2 unspecified atom stereocenters. The zero-order valence-corrected chi connectivity index (χ0v) is 11.5. The minimum atomic E-state index is -0.857. The number of furan rings is 1. The molecule has 2 nitrogen and oxygen atoms in total. The molecule has 2 aromatic rings. The summed E-state index contributed by atoms with van der Waals surface area (Å²) >= 11 is 1.36. The molecule has 0 radical (unpaired) electrons. The highest BCUT2D eigenvalue weighted by atomic mass is 32.2. The van der Waals surface area contributed by atoms with Crippen LogP contribution < -0.4 is 5.73 Å². The largest absolute Gasteiger partial charge is 0.465 e. The second-order valence-electron chi connectivity index (χ2n) is 4.42. The first-order valence-corrected chi connectivity index (χ1v) is 6.79. The molecule has 102 valence electrons. The van der Waals surface area contributed by atoms with Crippen molar-refractivity contribution in [3.63, 3.8) is 0 Å². The van der Waals surface area contributed by atoms with Gasteiger partial charge in [-0.05, 0) is 44.2 Å². The molecule has 0 amide bonds. The lowest BCUT2D eigenvalue weighted by molar-refractivity contribution is 0.464. The first-order chi connectivity index (χ1) is 8.97. The van der Waals surface area contributed by atoms with Crippen molar-refractivity contribution < 1.29 is 13.2 Å². The molecule has 1 heterocycles. The van der Waals surface area contributed by atoms with E-state index in [1.54, 1.807) is 0 Å². The van der Waals surface area contributed by atoms with E-state index in [-0.39, 0.29) is 11.3 Å². The van der Waals surface area contributed by atoms with Crippen LogP contribution in [0.2, 0.25) is 0 Å².